The molecule has 3 rings (SSSR count). The molecule has 1 fully saturated rings. The molecule has 0 aliphatic heterocycles. The first-order valence-corrected chi connectivity index (χ1v) is 7.55. The van der Waals surface area contributed by atoms with Gasteiger partial charge in [0.2, 0.25) is 0 Å². The average Bonchev–Trinajstić information content (AvgIpc) is 2.80. The first kappa shape index (κ1) is 13.5. The molecule has 5 heteroatoms. The van der Waals surface area contributed by atoms with E-state index >= 15 is 0 Å². The molecule has 0 amide bonds. The van der Waals surface area contributed by atoms with Crippen molar-refractivity contribution in [2.24, 2.45) is 5.41 Å². The normalized spacial score (nSPS) is 21.8. The molecule has 0 aromatic carbocycles. The predicted molar refractivity (Wildman–Crippen MR) is 81.9 cm³/mol. The smallest absolute Gasteiger partial charge is 0.195 e. The third-order valence-electron chi connectivity index (χ3n) is 4.17. The highest BCUT2D eigenvalue weighted by molar-refractivity contribution is 7.71. The lowest BCUT2D eigenvalue weighted by Crippen LogP contribution is -2.25. The minimum Gasteiger partial charge on any atom is -0.297 e. The summed E-state index contributed by atoms with van der Waals surface area (Å²) in [4.78, 5) is 4.18. The molecule has 1 aliphatic carbocycles. The van der Waals surface area contributed by atoms with E-state index in [1.165, 1.54) is 19.3 Å². The van der Waals surface area contributed by atoms with Crippen LogP contribution in [0.4, 0.5) is 0 Å². The van der Waals surface area contributed by atoms with Crippen LogP contribution < -0.4 is 0 Å². The highest BCUT2D eigenvalue weighted by atomic mass is 32.1. The number of hydrogen-bond acceptors (Lipinski definition) is 3. The summed E-state index contributed by atoms with van der Waals surface area (Å²) >= 11 is 5.45. The van der Waals surface area contributed by atoms with Gasteiger partial charge in [-0.3, -0.25) is 14.6 Å². The van der Waals surface area contributed by atoms with E-state index in [-0.39, 0.29) is 0 Å². The molecule has 1 aliphatic rings. The highest BCUT2D eigenvalue weighted by Crippen LogP contribution is 2.42. The molecule has 0 saturated heterocycles. The van der Waals surface area contributed by atoms with Crippen LogP contribution >= 0.6 is 12.2 Å². The Hall–Kier alpha value is -1.49. The van der Waals surface area contributed by atoms with Crippen LogP contribution in [-0.4, -0.2) is 19.7 Å². The van der Waals surface area contributed by atoms with Gasteiger partial charge < -0.3 is 0 Å². The van der Waals surface area contributed by atoms with E-state index in [4.69, 9.17) is 12.2 Å². The van der Waals surface area contributed by atoms with Gasteiger partial charge in [0.1, 0.15) is 0 Å². The van der Waals surface area contributed by atoms with Crippen LogP contribution in [0.15, 0.2) is 24.5 Å². The topological polar surface area (TPSA) is 46.5 Å². The summed E-state index contributed by atoms with van der Waals surface area (Å²) in [7, 11) is 0. The maximum absolute atomic E-state index is 5.45. The van der Waals surface area contributed by atoms with Crippen LogP contribution in [-0.2, 0) is 0 Å². The lowest BCUT2D eigenvalue weighted by Gasteiger charge is -2.36. The maximum Gasteiger partial charge on any atom is 0.195 e. The van der Waals surface area contributed by atoms with Gasteiger partial charge >= 0.3 is 0 Å². The molecule has 0 spiro atoms. The summed E-state index contributed by atoms with van der Waals surface area (Å²) in [5.74, 6) is 0.908. The van der Waals surface area contributed by atoms with Crippen LogP contribution in [0.2, 0.25) is 0 Å². The van der Waals surface area contributed by atoms with E-state index in [1.54, 1.807) is 6.20 Å². The van der Waals surface area contributed by atoms with Gasteiger partial charge in [-0.15, -0.1) is 0 Å². The summed E-state index contributed by atoms with van der Waals surface area (Å²) < 4.78 is 2.90. The Labute approximate surface area is 124 Å². The molecule has 0 radical (unpaired) electrons. The van der Waals surface area contributed by atoms with E-state index < -0.39 is 0 Å². The van der Waals surface area contributed by atoms with Crippen LogP contribution in [0.1, 0.15) is 45.6 Å². The lowest BCUT2D eigenvalue weighted by atomic mass is 9.75. The lowest BCUT2D eigenvalue weighted by molar-refractivity contribution is 0.183. The third-order valence-corrected chi connectivity index (χ3v) is 4.46. The summed E-state index contributed by atoms with van der Waals surface area (Å²) in [6.45, 7) is 4.68. The molecule has 4 nitrogen and oxygen atoms in total. The number of hydrogen-bond donors (Lipinski definition) is 1. The number of aromatic nitrogens is 4. The number of H-pyrrole nitrogens is 1. The van der Waals surface area contributed by atoms with Gasteiger partial charge in [-0.1, -0.05) is 20.3 Å². The van der Waals surface area contributed by atoms with Crippen LogP contribution in [0.5, 0.6) is 0 Å². The molecule has 20 heavy (non-hydrogen) atoms. The minimum atomic E-state index is 0.376. The molecule has 0 bridgehead atoms. The zero-order chi connectivity index (χ0) is 14.2. The zero-order valence-electron chi connectivity index (χ0n) is 12.0. The standard InChI is InChI=1S/C15H20N4S/c1-15(2)7-3-6-12(9-15)19-13(17-18-14(19)20)11-5-4-8-16-10-11/h4-5,8,10,12H,3,6-7,9H2,1-2H3,(H,18,20). The first-order valence-electron chi connectivity index (χ1n) is 7.14. The number of nitrogens with one attached hydrogen (secondary N) is 1. The SMILES string of the molecule is CC1(C)CCCC(n2c(-c3cccnc3)n[nH]c2=S)C1. The minimum absolute atomic E-state index is 0.376. The molecule has 2 heterocycles. The van der Waals surface area contributed by atoms with Crippen molar-refractivity contribution >= 4 is 12.2 Å². The molecular weight excluding hydrogens is 268 g/mol. The Morgan fingerprint density at radius 1 is 1.45 bits per heavy atom. The Balaban J connectivity index is 2.02. The van der Waals surface area contributed by atoms with Gasteiger partial charge in [0.25, 0.3) is 0 Å². The average molecular weight is 288 g/mol. The predicted octanol–water partition coefficient (Wildman–Crippen LogP) is 4.14. The monoisotopic (exact) mass is 288 g/mol. The Kier molecular flexibility index (Phi) is 3.46. The Bertz CT molecular complexity index is 641. The van der Waals surface area contributed by atoms with Gasteiger partial charge in [-0.2, -0.15) is 5.10 Å². The van der Waals surface area contributed by atoms with E-state index in [9.17, 15) is 0 Å². The van der Waals surface area contributed by atoms with Crippen molar-refractivity contribution in [2.45, 2.75) is 45.6 Å². The second-order valence-electron chi connectivity index (χ2n) is 6.38. The molecule has 1 unspecified atom stereocenters. The molecule has 1 N–H and O–H groups in total. The summed E-state index contributed by atoms with van der Waals surface area (Å²) in [5, 5.41) is 7.36. The van der Waals surface area contributed by atoms with Crippen molar-refractivity contribution in [1.82, 2.24) is 19.7 Å². The van der Waals surface area contributed by atoms with Gasteiger partial charge in [-0.25, -0.2) is 0 Å². The quantitative estimate of drug-likeness (QED) is 0.845. The van der Waals surface area contributed by atoms with Crippen molar-refractivity contribution in [3.8, 4) is 11.4 Å². The Morgan fingerprint density at radius 3 is 3.00 bits per heavy atom. The zero-order valence-corrected chi connectivity index (χ0v) is 12.8. The second-order valence-corrected chi connectivity index (χ2v) is 6.77. The summed E-state index contributed by atoms with van der Waals surface area (Å²) in [6.07, 6.45) is 8.47. The summed E-state index contributed by atoms with van der Waals surface area (Å²) in [6, 6.07) is 4.39. The van der Waals surface area contributed by atoms with E-state index in [2.05, 4.69) is 33.6 Å². The van der Waals surface area contributed by atoms with Gasteiger partial charge in [0.05, 0.1) is 0 Å². The fourth-order valence-corrected chi connectivity index (χ4v) is 3.50. The van der Waals surface area contributed by atoms with Crippen LogP contribution in [0, 0.1) is 10.2 Å². The summed E-state index contributed by atoms with van der Waals surface area (Å²) in [5.41, 5.74) is 1.39. The van der Waals surface area contributed by atoms with Crippen molar-refractivity contribution in [2.75, 3.05) is 0 Å². The van der Waals surface area contributed by atoms with E-state index in [0.717, 1.165) is 17.8 Å². The highest BCUT2D eigenvalue weighted by Gasteiger charge is 2.30. The number of aromatic amines is 1. The van der Waals surface area contributed by atoms with Crippen molar-refractivity contribution < 1.29 is 0 Å². The molecule has 106 valence electrons. The molecule has 2 aromatic heterocycles. The van der Waals surface area contributed by atoms with Gasteiger partial charge in [-0.05, 0) is 49.0 Å². The number of pyridine rings is 1. The van der Waals surface area contributed by atoms with Crippen molar-refractivity contribution in [3.05, 3.63) is 29.3 Å². The first-order chi connectivity index (χ1) is 9.57. The molecule has 1 atom stereocenters. The maximum atomic E-state index is 5.45. The van der Waals surface area contributed by atoms with Gasteiger partial charge in [0.15, 0.2) is 10.6 Å². The number of nitrogens with zero attached hydrogens (tertiary/aromatic N) is 3. The van der Waals surface area contributed by atoms with Crippen LogP contribution in [0.25, 0.3) is 11.4 Å². The van der Waals surface area contributed by atoms with E-state index in [1.807, 2.05) is 18.3 Å². The number of rotatable bonds is 2. The molecular formula is C15H20N4S. The van der Waals surface area contributed by atoms with Crippen LogP contribution in [0.3, 0.4) is 0 Å². The van der Waals surface area contributed by atoms with E-state index in [0.29, 0.717) is 16.2 Å². The third kappa shape index (κ3) is 2.54. The van der Waals surface area contributed by atoms with Gasteiger partial charge in [0, 0.05) is 24.0 Å². The molecule has 2 aromatic rings. The Morgan fingerprint density at radius 2 is 2.30 bits per heavy atom. The van der Waals surface area contributed by atoms with Crippen molar-refractivity contribution in [1.29, 1.82) is 0 Å². The fraction of sp³-hybridized carbons (Fsp3) is 0.533. The second kappa shape index (κ2) is 5.13. The van der Waals surface area contributed by atoms with Crippen molar-refractivity contribution in [3.63, 3.8) is 0 Å². The molecule has 1 saturated carbocycles. The fourth-order valence-electron chi connectivity index (χ4n) is 3.22. The largest absolute Gasteiger partial charge is 0.297 e.